The van der Waals surface area contributed by atoms with E-state index in [0.29, 0.717) is 11.0 Å². The van der Waals surface area contributed by atoms with E-state index in [1.807, 2.05) is 66.7 Å². The molecule has 7 heteroatoms. The van der Waals surface area contributed by atoms with E-state index < -0.39 is 0 Å². The number of nitrogens with zero attached hydrogens (tertiary/aromatic N) is 3. The number of benzene rings is 2. The number of pyridine rings is 1. The van der Waals surface area contributed by atoms with E-state index in [2.05, 4.69) is 20.7 Å². The highest BCUT2D eigenvalue weighted by Crippen LogP contribution is 2.24. The number of carbonyl (C=O) groups is 1. The fourth-order valence-electron chi connectivity index (χ4n) is 2.79. The highest BCUT2D eigenvalue weighted by Gasteiger charge is 2.09. The van der Waals surface area contributed by atoms with Gasteiger partial charge in [-0.3, -0.25) is 4.79 Å². The van der Waals surface area contributed by atoms with Crippen LogP contribution in [0, 0.1) is 0 Å². The first-order chi connectivity index (χ1) is 13.1. The van der Waals surface area contributed by atoms with Crippen LogP contribution in [0.1, 0.15) is 6.92 Å². The Morgan fingerprint density at radius 3 is 2.48 bits per heavy atom. The van der Waals surface area contributed by atoms with Crippen LogP contribution < -0.4 is 10.6 Å². The molecule has 2 aromatic carbocycles. The standard InChI is InChI=1S/C20H16ClN5O/c1-13(27)22-16-8-10-17(11-9-16)23-20-24-19-7-3-6-18(26(19)25-20)14-4-2-5-15(21)12-14/h2-12H,1H3,(H,22,27)(H,23,25). The lowest BCUT2D eigenvalue weighted by molar-refractivity contribution is -0.114. The van der Waals surface area contributed by atoms with Crippen LogP contribution in [0.4, 0.5) is 17.3 Å². The molecule has 0 saturated carbocycles. The molecule has 0 saturated heterocycles. The summed E-state index contributed by atoms with van der Waals surface area (Å²) in [4.78, 5) is 15.6. The third kappa shape index (κ3) is 3.75. The summed E-state index contributed by atoms with van der Waals surface area (Å²) in [5.41, 5.74) is 4.15. The molecule has 1 amide bonds. The topological polar surface area (TPSA) is 71.3 Å². The lowest BCUT2D eigenvalue weighted by atomic mass is 10.1. The van der Waals surface area contributed by atoms with Gasteiger partial charge in [0.15, 0.2) is 5.65 Å². The maximum Gasteiger partial charge on any atom is 0.247 e. The molecule has 0 spiro atoms. The second-order valence-electron chi connectivity index (χ2n) is 6.01. The minimum Gasteiger partial charge on any atom is -0.326 e. The third-order valence-electron chi connectivity index (χ3n) is 3.94. The van der Waals surface area contributed by atoms with Gasteiger partial charge in [-0.1, -0.05) is 29.8 Å². The van der Waals surface area contributed by atoms with Gasteiger partial charge in [0.2, 0.25) is 11.9 Å². The number of hydrogen-bond acceptors (Lipinski definition) is 4. The second-order valence-corrected chi connectivity index (χ2v) is 6.45. The zero-order chi connectivity index (χ0) is 18.8. The van der Waals surface area contributed by atoms with E-state index in [1.54, 1.807) is 4.52 Å². The molecule has 2 N–H and O–H groups in total. The molecular formula is C20H16ClN5O. The molecule has 2 aromatic heterocycles. The molecule has 0 fully saturated rings. The maximum absolute atomic E-state index is 11.1. The fraction of sp³-hybridized carbons (Fsp3) is 0.0500. The largest absolute Gasteiger partial charge is 0.326 e. The molecule has 2 heterocycles. The first kappa shape index (κ1) is 17.1. The molecule has 4 rings (SSSR count). The van der Waals surface area contributed by atoms with Crippen molar-refractivity contribution in [1.29, 1.82) is 0 Å². The lowest BCUT2D eigenvalue weighted by Gasteiger charge is -2.05. The van der Waals surface area contributed by atoms with Gasteiger partial charge in [-0.2, -0.15) is 4.98 Å². The highest BCUT2D eigenvalue weighted by atomic mass is 35.5. The second kappa shape index (κ2) is 7.09. The summed E-state index contributed by atoms with van der Waals surface area (Å²) >= 11 is 6.12. The summed E-state index contributed by atoms with van der Waals surface area (Å²) in [7, 11) is 0. The van der Waals surface area contributed by atoms with Crippen LogP contribution in [0.3, 0.4) is 0 Å². The van der Waals surface area contributed by atoms with Crippen molar-refractivity contribution in [2.75, 3.05) is 10.6 Å². The summed E-state index contributed by atoms with van der Waals surface area (Å²) in [6, 6.07) is 20.8. The van der Waals surface area contributed by atoms with Crippen molar-refractivity contribution in [2.24, 2.45) is 0 Å². The number of rotatable bonds is 4. The smallest absolute Gasteiger partial charge is 0.247 e. The Kier molecular flexibility index (Phi) is 4.48. The zero-order valence-corrected chi connectivity index (χ0v) is 15.2. The van der Waals surface area contributed by atoms with Crippen LogP contribution in [0.2, 0.25) is 5.02 Å². The van der Waals surface area contributed by atoms with Crippen LogP contribution in [0.25, 0.3) is 16.9 Å². The van der Waals surface area contributed by atoms with Crippen LogP contribution >= 0.6 is 11.6 Å². The first-order valence-electron chi connectivity index (χ1n) is 8.35. The predicted molar refractivity (Wildman–Crippen MR) is 107 cm³/mol. The van der Waals surface area contributed by atoms with Gasteiger partial charge in [0.25, 0.3) is 0 Å². The molecule has 0 unspecified atom stereocenters. The Morgan fingerprint density at radius 2 is 1.74 bits per heavy atom. The zero-order valence-electron chi connectivity index (χ0n) is 14.5. The van der Waals surface area contributed by atoms with Crippen molar-refractivity contribution < 1.29 is 4.79 Å². The summed E-state index contributed by atoms with van der Waals surface area (Å²) in [5, 5.41) is 11.2. The Balaban J connectivity index is 1.64. The summed E-state index contributed by atoms with van der Waals surface area (Å²) in [6.45, 7) is 1.48. The molecule has 0 aliphatic heterocycles. The predicted octanol–water partition coefficient (Wildman–Crippen LogP) is 4.75. The lowest BCUT2D eigenvalue weighted by Crippen LogP contribution is -2.05. The number of carbonyl (C=O) groups excluding carboxylic acids is 1. The van der Waals surface area contributed by atoms with E-state index in [9.17, 15) is 4.79 Å². The Bertz CT molecular complexity index is 1120. The fourth-order valence-corrected chi connectivity index (χ4v) is 2.98. The van der Waals surface area contributed by atoms with Crippen LogP contribution in [0.15, 0.2) is 66.7 Å². The van der Waals surface area contributed by atoms with Crippen molar-refractivity contribution in [2.45, 2.75) is 6.92 Å². The Labute approximate surface area is 160 Å². The van der Waals surface area contributed by atoms with Crippen molar-refractivity contribution >= 4 is 40.5 Å². The first-order valence-corrected chi connectivity index (χ1v) is 8.73. The molecular weight excluding hydrogens is 362 g/mol. The molecule has 0 bridgehead atoms. The Hall–Kier alpha value is -3.38. The molecule has 134 valence electrons. The molecule has 0 radical (unpaired) electrons. The molecule has 0 aliphatic carbocycles. The van der Waals surface area contributed by atoms with Crippen molar-refractivity contribution in [1.82, 2.24) is 14.6 Å². The van der Waals surface area contributed by atoms with Gasteiger partial charge in [0.1, 0.15) is 0 Å². The minimum atomic E-state index is -0.105. The van der Waals surface area contributed by atoms with Crippen LogP contribution in [-0.4, -0.2) is 20.5 Å². The molecule has 0 aliphatic rings. The number of nitrogens with one attached hydrogen (secondary N) is 2. The third-order valence-corrected chi connectivity index (χ3v) is 4.18. The monoisotopic (exact) mass is 377 g/mol. The number of anilines is 3. The van der Waals surface area contributed by atoms with Gasteiger partial charge in [-0.05, 0) is 48.5 Å². The maximum atomic E-state index is 11.1. The average Bonchev–Trinajstić information content (AvgIpc) is 3.05. The SMILES string of the molecule is CC(=O)Nc1ccc(Nc2nc3cccc(-c4cccc(Cl)c4)n3n2)cc1. The van der Waals surface area contributed by atoms with Gasteiger partial charge in [-0.25, -0.2) is 4.52 Å². The van der Waals surface area contributed by atoms with E-state index in [4.69, 9.17) is 11.6 Å². The van der Waals surface area contributed by atoms with E-state index in [1.165, 1.54) is 6.92 Å². The number of hydrogen-bond donors (Lipinski definition) is 2. The van der Waals surface area contributed by atoms with Crippen LogP contribution in [0.5, 0.6) is 0 Å². The number of aromatic nitrogens is 3. The van der Waals surface area contributed by atoms with Gasteiger partial charge in [0.05, 0.1) is 5.69 Å². The van der Waals surface area contributed by atoms with Gasteiger partial charge in [-0.15, -0.1) is 5.10 Å². The summed E-state index contributed by atoms with van der Waals surface area (Å²) in [6.07, 6.45) is 0. The number of halogens is 1. The molecule has 4 aromatic rings. The Morgan fingerprint density at radius 1 is 1.00 bits per heavy atom. The number of fused-ring (bicyclic) bond motifs is 1. The van der Waals surface area contributed by atoms with Crippen molar-refractivity contribution in [3.63, 3.8) is 0 Å². The minimum absolute atomic E-state index is 0.105. The molecule has 6 nitrogen and oxygen atoms in total. The highest BCUT2D eigenvalue weighted by molar-refractivity contribution is 6.30. The normalized spacial score (nSPS) is 10.7. The van der Waals surface area contributed by atoms with E-state index >= 15 is 0 Å². The van der Waals surface area contributed by atoms with E-state index in [0.717, 1.165) is 28.3 Å². The number of amides is 1. The van der Waals surface area contributed by atoms with E-state index in [-0.39, 0.29) is 5.91 Å². The molecule has 27 heavy (non-hydrogen) atoms. The quantitative estimate of drug-likeness (QED) is 0.538. The van der Waals surface area contributed by atoms with Gasteiger partial charge >= 0.3 is 0 Å². The van der Waals surface area contributed by atoms with Crippen molar-refractivity contribution in [3.05, 3.63) is 71.8 Å². The summed E-state index contributed by atoms with van der Waals surface area (Å²) in [5.74, 6) is 0.378. The average molecular weight is 378 g/mol. The summed E-state index contributed by atoms with van der Waals surface area (Å²) < 4.78 is 1.78. The van der Waals surface area contributed by atoms with Gasteiger partial charge in [0, 0.05) is 28.9 Å². The van der Waals surface area contributed by atoms with Crippen molar-refractivity contribution in [3.8, 4) is 11.3 Å². The van der Waals surface area contributed by atoms with Gasteiger partial charge < -0.3 is 10.6 Å². The molecule has 0 atom stereocenters. The van der Waals surface area contributed by atoms with Crippen LogP contribution in [-0.2, 0) is 4.79 Å².